The number of hydrogen-bond donors (Lipinski definition) is 0. The zero-order valence-corrected chi connectivity index (χ0v) is 13.3. The van der Waals surface area contributed by atoms with Crippen LogP contribution in [-0.4, -0.2) is 5.78 Å². The van der Waals surface area contributed by atoms with Crippen molar-refractivity contribution in [1.29, 1.82) is 0 Å². The lowest BCUT2D eigenvalue weighted by atomic mass is 10.1. The average Bonchev–Trinajstić information content (AvgIpc) is 2.39. The summed E-state index contributed by atoms with van der Waals surface area (Å²) in [4.78, 5) is 10.8. The van der Waals surface area contributed by atoms with Gasteiger partial charge < -0.3 is 4.79 Å². The molecule has 0 rings (SSSR count). The number of hydrogen-bond acceptors (Lipinski definition) is 1. The number of rotatable bonds is 14. The van der Waals surface area contributed by atoms with E-state index in [1.54, 1.807) is 6.92 Å². The molecule has 0 aromatic heterocycles. The molecule has 0 aromatic carbocycles. The summed E-state index contributed by atoms with van der Waals surface area (Å²) in [6.45, 7) is 3.95. The average molecular weight is 266 g/mol. The second-order valence-corrected chi connectivity index (χ2v) is 5.68. The smallest absolute Gasteiger partial charge is 0.129 e. The summed E-state index contributed by atoms with van der Waals surface area (Å²) in [5.74, 6) is 0.332. The van der Waals surface area contributed by atoms with Gasteiger partial charge >= 0.3 is 0 Å². The first-order valence-corrected chi connectivity index (χ1v) is 8.41. The van der Waals surface area contributed by atoms with Gasteiger partial charge in [-0.1, -0.05) is 64.0 Å². The quantitative estimate of drug-likeness (QED) is 0.269. The molecule has 19 heavy (non-hydrogen) atoms. The molecule has 1 nitrogen and oxygen atoms in total. The fourth-order valence-corrected chi connectivity index (χ4v) is 2.27. The molecular formula is C18H34O. The van der Waals surface area contributed by atoms with Gasteiger partial charge in [0.15, 0.2) is 0 Å². The molecule has 0 amide bonds. The SMILES string of the molecule is CCCCCCCC/C=C/CCCCCCC(C)=O. The molecule has 0 N–H and O–H groups in total. The van der Waals surface area contributed by atoms with Gasteiger partial charge in [0.05, 0.1) is 0 Å². The summed E-state index contributed by atoms with van der Waals surface area (Å²) in [5.41, 5.74) is 0. The van der Waals surface area contributed by atoms with E-state index in [2.05, 4.69) is 19.1 Å². The Labute approximate surface area is 120 Å². The molecule has 0 bridgehead atoms. The van der Waals surface area contributed by atoms with E-state index in [1.165, 1.54) is 70.6 Å². The summed E-state index contributed by atoms with van der Waals surface area (Å²) in [6.07, 6.45) is 21.1. The van der Waals surface area contributed by atoms with Crippen molar-refractivity contribution in [2.24, 2.45) is 0 Å². The molecule has 0 spiro atoms. The van der Waals surface area contributed by atoms with E-state index in [0.29, 0.717) is 5.78 Å². The van der Waals surface area contributed by atoms with Crippen molar-refractivity contribution < 1.29 is 4.79 Å². The van der Waals surface area contributed by atoms with Gasteiger partial charge in [0.2, 0.25) is 0 Å². The number of carbonyl (C=O) groups excluding carboxylic acids is 1. The summed E-state index contributed by atoms with van der Waals surface area (Å²) < 4.78 is 0. The van der Waals surface area contributed by atoms with Crippen LogP contribution in [0.2, 0.25) is 0 Å². The van der Waals surface area contributed by atoms with Gasteiger partial charge in [-0.3, -0.25) is 0 Å². The Balaban J connectivity index is 3.07. The lowest BCUT2D eigenvalue weighted by Gasteiger charge is -1.98. The van der Waals surface area contributed by atoms with Crippen molar-refractivity contribution in [1.82, 2.24) is 0 Å². The van der Waals surface area contributed by atoms with Crippen LogP contribution in [0.4, 0.5) is 0 Å². The topological polar surface area (TPSA) is 17.1 Å². The maximum Gasteiger partial charge on any atom is 0.129 e. The second kappa shape index (κ2) is 15.5. The Morgan fingerprint density at radius 3 is 1.74 bits per heavy atom. The lowest BCUT2D eigenvalue weighted by Crippen LogP contribution is -1.88. The fourth-order valence-electron chi connectivity index (χ4n) is 2.27. The number of allylic oxidation sites excluding steroid dienone is 2. The first-order valence-electron chi connectivity index (χ1n) is 8.41. The maximum atomic E-state index is 10.8. The van der Waals surface area contributed by atoms with E-state index >= 15 is 0 Å². The Kier molecular flexibility index (Phi) is 15.0. The van der Waals surface area contributed by atoms with Gasteiger partial charge in [0.25, 0.3) is 0 Å². The molecule has 0 atom stereocenters. The number of carbonyl (C=O) groups is 1. The van der Waals surface area contributed by atoms with Gasteiger partial charge in [-0.2, -0.15) is 0 Å². The van der Waals surface area contributed by atoms with Crippen molar-refractivity contribution >= 4 is 5.78 Å². The predicted octanol–water partition coefficient (Wildman–Crippen LogP) is 6.22. The molecule has 0 saturated carbocycles. The lowest BCUT2D eigenvalue weighted by molar-refractivity contribution is -0.117. The summed E-state index contributed by atoms with van der Waals surface area (Å²) in [5, 5.41) is 0. The molecule has 0 heterocycles. The molecule has 0 unspecified atom stereocenters. The van der Waals surface area contributed by atoms with E-state index in [4.69, 9.17) is 0 Å². The molecule has 112 valence electrons. The molecule has 0 fully saturated rings. The highest BCUT2D eigenvalue weighted by Gasteiger charge is 1.93. The van der Waals surface area contributed by atoms with Crippen molar-refractivity contribution in [2.75, 3.05) is 0 Å². The van der Waals surface area contributed by atoms with Crippen molar-refractivity contribution in [3.8, 4) is 0 Å². The van der Waals surface area contributed by atoms with Crippen LogP contribution in [0.1, 0.15) is 97.3 Å². The van der Waals surface area contributed by atoms with Crippen LogP contribution in [0.15, 0.2) is 12.2 Å². The summed E-state index contributed by atoms with van der Waals surface area (Å²) in [6, 6.07) is 0. The fraction of sp³-hybridized carbons (Fsp3) is 0.833. The largest absolute Gasteiger partial charge is 0.300 e. The second-order valence-electron chi connectivity index (χ2n) is 5.68. The minimum atomic E-state index is 0.332. The Hall–Kier alpha value is -0.590. The minimum absolute atomic E-state index is 0.332. The number of Topliss-reactive ketones (excluding diaryl/α,β-unsaturated/α-hetero) is 1. The van der Waals surface area contributed by atoms with Crippen molar-refractivity contribution in [2.45, 2.75) is 97.3 Å². The van der Waals surface area contributed by atoms with Crippen LogP contribution in [0.5, 0.6) is 0 Å². The third kappa shape index (κ3) is 17.4. The Morgan fingerprint density at radius 2 is 1.21 bits per heavy atom. The number of unbranched alkanes of at least 4 members (excludes halogenated alkanes) is 10. The highest BCUT2D eigenvalue weighted by atomic mass is 16.1. The van der Waals surface area contributed by atoms with E-state index in [-0.39, 0.29) is 0 Å². The van der Waals surface area contributed by atoms with E-state index < -0.39 is 0 Å². The first-order chi connectivity index (χ1) is 9.27. The van der Waals surface area contributed by atoms with Crippen LogP contribution in [0.25, 0.3) is 0 Å². The maximum absolute atomic E-state index is 10.8. The van der Waals surface area contributed by atoms with Crippen LogP contribution in [0.3, 0.4) is 0 Å². The number of ketones is 1. The Bertz CT molecular complexity index is 218. The van der Waals surface area contributed by atoms with Gasteiger partial charge in [-0.25, -0.2) is 0 Å². The van der Waals surface area contributed by atoms with Gasteiger partial charge in [-0.05, 0) is 39.0 Å². The first kappa shape index (κ1) is 18.4. The molecular weight excluding hydrogens is 232 g/mol. The molecule has 0 aliphatic carbocycles. The summed E-state index contributed by atoms with van der Waals surface area (Å²) in [7, 11) is 0. The standard InChI is InChI=1S/C18H34O/c1-3-4-5-6-7-8-9-10-11-12-13-14-15-16-17-18(2)19/h10-11H,3-9,12-17H2,1-2H3/b11-10+. The third-order valence-electron chi connectivity index (χ3n) is 3.54. The van der Waals surface area contributed by atoms with E-state index in [0.717, 1.165) is 12.8 Å². The zero-order valence-electron chi connectivity index (χ0n) is 13.3. The highest BCUT2D eigenvalue weighted by molar-refractivity contribution is 5.75. The van der Waals surface area contributed by atoms with Crippen LogP contribution in [-0.2, 0) is 4.79 Å². The molecule has 0 aliphatic rings. The predicted molar refractivity (Wildman–Crippen MR) is 85.5 cm³/mol. The van der Waals surface area contributed by atoms with Crippen LogP contribution >= 0.6 is 0 Å². The molecule has 0 aliphatic heterocycles. The van der Waals surface area contributed by atoms with Crippen LogP contribution in [0, 0.1) is 0 Å². The molecule has 0 saturated heterocycles. The molecule has 0 aromatic rings. The van der Waals surface area contributed by atoms with Crippen LogP contribution < -0.4 is 0 Å². The Morgan fingerprint density at radius 1 is 0.737 bits per heavy atom. The third-order valence-corrected chi connectivity index (χ3v) is 3.54. The van der Waals surface area contributed by atoms with Crippen molar-refractivity contribution in [3.05, 3.63) is 12.2 Å². The van der Waals surface area contributed by atoms with Gasteiger partial charge in [-0.15, -0.1) is 0 Å². The normalized spacial score (nSPS) is 11.3. The highest BCUT2D eigenvalue weighted by Crippen LogP contribution is 2.09. The van der Waals surface area contributed by atoms with E-state index in [9.17, 15) is 4.79 Å². The monoisotopic (exact) mass is 266 g/mol. The van der Waals surface area contributed by atoms with E-state index in [1.807, 2.05) is 0 Å². The molecule has 0 radical (unpaired) electrons. The van der Waals surface area contributed by atoms with Crippen molar-refractivity contribution in [3.63, 3.8) is 0 Å². The zero-order chi connectivity index (χ0) is 14.2. The minimum Gasteiger partial charge on any atom is -0.300 e. The summed E-state index contributed by atoms with van der Waals surface area (Å²) >= 11 is 0. The van der Waals surface area contributed by atoms with Gasteiger partial charge in [0.1, 0.15) is 5.78 Å². The molecule has 1 heteroatoms. The van der Waals surface area contributed by atoms with Gasteiger partial charge in [0, 0.05) is 6.42 Å².